The number of thiophene rings is 1. The van der Waals surface area contributed by atoms with Crippen LogP contribution in [0.3, 0.4) is 0 Å². The number of allylic oxidation sites excluding steroid dienone is 1. The van der Waals surface area contributed by atoms with Crippen LogP contribution in [0, 0.1) is 6.92 Å². The molecule has 0 radical (unpaired) electrons. The first-order chi connectivity index (χ1) is 25.7. The van der Waals surface area contributed by atoms with E-state index >= 15 is 0 Å². The van der Waals surface area contributed by atoms with Crippen molar-refractivity contribution < 1.29 is 4.42 Å². The van der Waals surface area contributed by atoms with Crippen molar-refractivity contribution in [1.29, 1.82) is 0 Å². The Morgan fingerprint density at radius 3 is 2.23 bits per heavy atom. The van der Waals surface area contributed by atoms with Crippen molar-refractivity contribution >= 4 is 66.5 Å². The van der Waals surface area contributed by atoms with Crippen LogP contribution < -0.4 is 4.90 Å². The van der Waals surface area contributed by atoms with Crippen LogP contribution in [0.15, 0.2) is 156 Å². The van der Waals surface area contributed by atoms with Crippen LogP contribution in [0.1, 0.15) is 22.4 Å². The van der Waals surface area contributed by atoms with Crippen molar-refractivity contribution in [2.75, 3.05) is 4.90 Å². The number of fused-ring (bicyclic) bond motifs is 6. The second-order valence-corrected chi connectivity index (χ2v) is 14.5. The van der Waals surface area contributed by atoms with Crippen molar-refractivity contribution in [1.82, 2.24) is 9.97 Å². The summed E-state index contributed by atoms with van der Waals surface area (Å²) in [6.07, 6.45) is 10.7. The number of hydrogen-bond acceptors (Lipinski definition) is 5. The van der Waals surface area contributed by atoms with Gasteiger partial charge in [-0.05, 0) is 103 Å². The van der Waals surface area contributed by atoms with Gasteiger partial charge in [0.25, 0.3) is 0 Å². The first-order valence-electron chi connectivity index (χ1n) is 17.7. The Morgan fingerprint density at radius 1 is 0.596 bits per heavy atom. The lowest BCUT2D eigenvalue weighted by molar-refractivity contribution is 0.668. The highest BCUT2D eigenvalue weighted by Gasteiger charge is 2.18. The van der Waals surface area contributed by atoms with E-state index in [9.17, 15) is 0 Å². The van der Waals surface area contributed by atoms with Crippen LogP contribution in [0.4, 0.5) is 17.1 Å². The number of aromatic nitrogens is 2. The molecular weight excluding hydrogens is 655 g/mol. The predicted octanol–water partition coefficient (Wildman–Crippen LogP) is 13.3. The number of furan rings is 1. The van der Waals surface area contributed by atoms with Crippen LogP contribution in [0.25, 0.3) is 71.7 Å². The second kappa shape index (κ2) is 12.5. The Morgan fingerprint density at radius 2 is 1.40 bits per heavy atom. The van der Waals surface area contributed by atoms with E-state index in [4.69, 9.17) is 14.4 Å². The van der Waals surface area contributed by atoms with E-state index in [-0.39, 0.29) is 0 Å². The summed E-state index contributed by atoms with van der Waals surface area (Å²) in [6, 6.07) is 47.0. The lowest BCUT2D eigenvalue weighted by atomic mass is 9.99. The van der Waals surface area contributed by atoms with E-state index in [0.717, 1.165) is 79.9 Å². The van der Waals surface area contributed by atoms with Gasteiger partial charge in [-0.1, -0.05) is 84.9 Å². The average molecular weight is 688 g/mol. The maximum absolute atomic E-state index is 6.25. The van der Waals surface area contributed by atoms with Gasteiger partial charge in [-0.3, -0.25) is 9.97 Å². The van der Waals surface area contributed by atoms with E-state index in [0.29, 0.717) is 0 Å². The fourth-order valence-electron chi connectivity index (χ4n) is 7.48. The van der Waals surface area contributed by atoms with Crippen LogP contribution in [0.2, 0.25) is 0 Å². The van der Waals surface area contributed by atoms with Gasteiger partial charge in [0, 0.05) is 54.6 Å². The van der Waals surface area contributed by atoms with E-state index in [2.05, 4.69) is 139 Å². The van der Waals surface area contributed by atoms with E-state index < -0.39 is 0 Å². The molecule has 0 aliphatic heterocycles. The largest absolute Gasteiger partial charge is 0.456 e. The minimum absolute atomic E-state index is 0.875. The van der Waals surface area contributed by atoms with Gasteiger partial charge in [-0.25, -0.2) is 0 Å². The summed E-state index contributed by atoms with van der Waals surface area (Å²) in [5, 5.41) is 3.56. The van der Waals surface area contributed by atoms with Crippen LogP contribution in [0.5, 0.6) is 0 Å². The molecule has 0 atom stereocenters. The monoisotopic (exact) mass is 687 g/mol. The van der Waals surface area contributed by atoms with E-state index in [1.54, 1.807) is 0 Å². The van der Waals surface area contributed by atoms with Gasteiger partial charge in [0.15, 0.2) is 0 Å². The van der Waals surface area contributed by atoms with Gasteiger partial charge >= 0.3 is 0 Å². The number of pyridine rings is 2. The van der Waals surface area contributed by atoms with Crippen molar-refractivity contribution in [2.24, 2.45) is 0 Å². The Balaban J connectivity index is 1.01. The second-order valence-electron chi connectivity index (χ2n) is 13.4. The molecular formula is C47H33N3OS. The highest BCUT2D eigenvalue weighted by Crippen LogP contribution is 2.42. The van der Waals surface area contributed by atoms with Gasteiger partial charge in [0.05, 0.1) is 23.3 Å². The quantitative estimate of drug-likeness (QED) is 0.174. The minimum atomic E-state index is 0.875. The molecule has 1 aliphatic carbocycles. The van der Waals surface area contributed by atoms with Gasteiger partial charge in [0.1, 0.15) is 11.2 Å². The van der Waals surface area contributed by atoms with Gasteiger partial charge in [-0.2, -0.15) is 0 Å². The Hall–Kier alpha value is -6.30. The fraction of sp³-hybridized carbons (Fsp3) is 0.0638. The van der Waals surface area contributed by atoms with Crippen LogP contribution in [-0.4, -0.2) is 9.97 Å². The maximum atomic E-state index is 6.25. The van der Waals surface area contributed by atoms with Crippen molar-refractivity contribution in [3.05, 3.63) is 168 Å². The number of nitrogens with zero attached hydrogens (tertiary/aromatic N) is 3. The molecule has 0 bridgehead atoms. The molecule has 4 nitrogen and oxygen atoms in total. The van der Waals surface area contributed by atoms with Gasteiger partial charge < -0.3 is 9.32 Å². The standard InChI is InChI=1S/C47H33N3OS/c1-30-14-22-37-41-27-35(21-25-44(41)51-45(37)26-30)50(36-20-24-42(49-29-36)32-8-3-2-4-9-32)34-18-15-31(16-19-34)33-17-23-43(48-28-33)40-12-7-11-39-38-10-5-6-13-46(38)52-47(39)40/h2-4,6-9,11-29H,5,10H2,1H3. The molecule has 5 heteroatoms. The zero-order valence-corrected chi connectivity index (χ0v) is 29.4. The van der Waals surface area contributed by atoms with E-state index in [1.165, 1.54) is 31.7 Å². The summed E-state index contributed by atoms with van der Waals surface area (Å²) in [5.74, 6) is 0. The summed E-state index contributed by atoms with van der Waals surface area (Å²) in [7, 11) is 0. The summed E-state index contributed by atoms with van der Waals surface area (Å²) in [6.45, 7) is 2.09. The summed E-state index contributed by atoms with van der Waals surface area (Å²) in [4.78, 5) is 13.5. The third kappa shape index (κ3) is 5.29. The molecule has 0 unspecified atom stereocenters. The van der Waals surface area contributed by atoms with Crippen LogP contribution in [-0.2, 0) is 6.42 Å². The molecule has 4 aromatic heterocycles. The number of hydrogen-bond donors (Lipinski definition) is 0. The van der Waals surface area contributed by atoms with Crippen molar-refractivity contribution in [2.45, 2.75) is 19.8 Å². The molecule has 1 aliphatic rings. The average Bonchev–Trinajstić information content (AvgIpc) is 3.77. The highest BCUT2D eigenvalue weighted by molar-refractivity contribution is 7.20. The van der Waals surface area contributed by atoms with Crippen molar-refractivity contribution in [3.63, 3.8) is 0 Å². The third-order valence-electron chi connectivity index (χ3n) is 10.1. The number of anilines is 3. The normalized spacial score (nSPS) is 12.5. The third-order valence-corrected chi connectivity index (χ3v) is 11.4. The molecule has 0 fully saturated rings. The predicted molar refractivity (Wildman–Crippen MR) is 218 cm³/mol. The molecule has 0 saturated heterocycles. The number of rotatable bonds is 6. The molecule has 0 saturated carbocycles. The zero-order valence-electron chi connectivity index (χ0n) is 28.6. The van der Waals surface area contributed by atoms with Crippen molar-refractivity contribution in [3.8, 4) is 33.6 Å². The summed E-state index contributed by atoms with van der Waals surface area (Å²) < 4.78 is 7.57. The number of benzene rings is 5. The zero-order chi connectivity index (χ0) is 34.6. The minimum Gasteiger partial charge on any atom is -0.456 e. The molecule has 5 aromatic carbocycles. The molecule has 9 aromatic rings. The molecule has 4 heterocycles. The lowest BCUT2D eigenvalue weighted by Gasteiger charge is -2.25. The Kier molecular flexibility index (Phi) is 7.33. The molecule has 52 heavy (non-hydrogen) atoms. The summed E-state index contributed by atoms with van der Waals surface area (Å²) >= 11 is 1.88. The first-order valence-corrected chi connectivity index (χ1v) is 18.5. The molecule has 0 amide bonds. The first kappa shape index (κ1) is 30.5. The van der Waals surface area contributed by atoms with Gasteiger partial charge in [0.2, 0.25) is 0 Å². The lowest BCUT2D eigenvalue weighted by Crippen LogP contribution is -2.10. The van der Waals surface area contributed by atoms with Gasteiger partial charge in [-0.15, -0.1) is 11.3 Å². The fourth-order valence-corrected chi connectivity index (χ4v) is 8.79. The number of aryl methyl sites for hydroxylation is 2. The summed E-state index contributed by atoms with van der Waals surface area (Å²) in [5.41, 5.74) is 13.9. The molecule has 0 N–H and O–H groups in total. The SMILES string of the molecule is Cc1ccc2c(c1)oc1ccc(N(c3ccc(-c4ccc(-c5cccc6c7c(sc56)C=CCC7)nc4)cc3)c3ccc(-c4ccccc4)nc3)cc12. The topological polar surface area (TPSA) is 42.2 Å². The smallest absolute Gasteiger partial charge is 0.135 e. The Labute approximate surface area is 306 Å². The Bertz CT molecular complexity index is 2780. The molecule has 0 spiro atoms. The highest BCUT2D eigenvalue weighted by atomic mass is 32.1. The molecule has 248 valence electrons. The van der Waals surface area contributed by atoms with E-state index in [1.807, 2.05) is 41.9 Å². The van der Waals surface area contributed by atoms with Crippen LogP contribution >= 0.6 is 11.3 Å². The maximum Gasteiger partial charge on any atom is 0.135 e. The molecule has 10 rings (SSSR count).